The van der Waals surface area contributed by atoms with Crippen molar-refractivity contribution in [2.24, 2.45) is 0 Å². The Morgan fingerprint density at radius 1 is 1.04 bits per heavy atom. The standard InChI is InChI=1S/C23H25N3OS/c1-4-26(5-2)21-16-23(28-19-13-11-17(3)12-14-19)20(25-24)15-22(21)27-18-9-7-6-8-10-18/h6-16,23H,4-5H2,1-3H3. The monoisotopic (exact) mass is 391 g/mol. The van der Waals surface area contributed by atoms with Gasteiger partial charge >= 0.3 is 5.71 Å². The van der Waals surface area contributed by atoms with Crippen LogP contribution in [0.5, 0.6) is 5.75 Å². The maximum Gasteiger partial charge on any atom is 0.312 e. The molecule has 2 aromatic rings. The number of hydrogen-bond donors (Lipinski definition) is 0. The molecular formula is C23H25N3OS. The maximum atomic E-state index is 9.64. The molecule has 4 nitrogen and oxygen atoms in total. The van der Waals surface area contributed by atoms with Gasteiger partial charge in [0, 0.05) is 18.0 Å². The molecule has 0 N–H and O–H groups in total. The van der Waals surface area contributed by atoms with Gasteiger partial charge in [-0.2, -0.15) is 4.79 Å². The fourth-order valence-corrected chi connectivity index (χ4v) is 4.09. The first-order valence-electron chi connectivity index (χ1n) is 9.51. The van der Waals surface area contributed by atoms with Crippen molar-refractivity contribution in [3.05, 3.63) is 89.3 Å². The van der Waals surface area contributed by atoms with Crippen molar-refractivity contribution < 1.29 is 9.53 Å². The summed E-state index contributed by atoms with van der Waals surface area (Å²) in [7, 11) is 0. The van der Waals surface area contributed by atoms with E-state index in [1.165, 1.54) is 5.56 Å². The summed E-state index contributed by atoms with van der Waals surface area (Å²) in [6, 6.07) is 18.1. The Labute approximate surface area is 171 Å². The number of rotatable bonds is 7. The highest BCUT2D eigenvalue weighted by Crippen LogP contribution is 2.32. The Hall–Kier alpha value is -2.75. The van der Waals surface area contributed by atoms with Crippen molar-refractivity contribution in [2.75, 3.05) is 13.1 Å². The average molecular weight is 392 g/mol. The molecule has 1 aliphatic carbocycles. The van der Waals surface area contributed by atoms with E-state index in [-0.39, 0.29) is 5.25 Å². The summed E-state index contributed by atoms with van der Waals surface area (Å²) in [5.74, 6) is 1.46. The average Bonchev–Trinajstić information content (AvgIpc) is 2.73. The Morgan fingerprint density at radius 2 is 1.71 bits per heavy atom. The van der Waals surface area contributed by atoms with Crippen molar-refractivity contribution in [1.82, 2.24) is 4.90 Å². The van der Waals surface area contributed by atoms with Gasteiger partial charge in [-0.15, -0.1) is 11.8 Å². The lowest BCUT2D eigenvalue weighted by Gasteiger charge is -2.29. The SMILES string of the molecule is CCN(CC)C1=CC(Sc2ccc(C)cc2)C(=[N+]=[N-])C=C1Oc1ccccc1. The van der Waals surface area contributed by atoms with Gasteiger partial charge in [-0.05, 0) is 51.1 Å². The van der Waals surface area contributed by atoms with E-state index in [9.17, 15) is 5.53 Å². The minimum Gasteiger partial charge on any atom is -0.455 e. The summed E-state index contributed by atoms with van der Waals surface area (Å²) < 4.78 is 6.15. The number of nitrogens with zero attached hydrogens (tertiary/aromatic N) is 3. The molecule has 0 aliphatic heterocycles. The van der Waals surface area contributed by atoms with Gasteiger partial charge in [0.05, 0.1) is 11.8 Å². The van der Waals surface area contributed by atoms with Gasteiger partial charge in [-0.1, -0.05) is 35.9 Å². The first-order chi connectivity index (χ1) is 13.6. The van der Waals surface area contributed by atoms with Crippen molar-refractivity contribution >= 4 is 17.5 Å². The molecule has 0 fully saturated rings. The minimum atomic E-state index is -0.0913. The number of thioether (sulfide) groups is 1. The molecule has 0 spiro atoms. The maximum absolute atomic E-state index is 9.64. The van der Waals surface area contributed by atoms with Gasteiger partial charge in [0.1, 0.15) is 11.0 Å². The lowest BCUT2D eigenvalue weighted by atomic mass is 10.1. The van der Waals surface area contributed by atoms with Crippen LogP contribution < -0.4 is 4.74 Å². The predicted molar refractivity (Wildman–Crippen MR) is 116 cm³/mol. The van der Waals surface area contributed by atoms with Crippen LogP contribution in [0.1, 0.15) is 19.4 Å². The molecule has 3 rings (SSSR count). The molecule has 0 amide bonds. The molecule has 2 aromatic carbocycles. The number of ether oxygens (including phenoxy) is 1. The van der Waals surface area contributed by atoms with Crippen molar-refractivity contribution in [2.45, 2.75) is 30.9 Å². The van der Waals surface area contributed by atoms with Gasteiger partial charge in [-0.3, -0.25) is 0 Å². The fraction of sp³-hybridized carbons (Fsp3) is 0.261. The molecule has 1 unspecified atom stereocenters. The first-order valence-corrected chi connectivity index (χ1v) is 10.4. The second-order valence-corrected chi connectivity index (χ2v) is 7.74. The molecule has 0 saturated heterocycles. The van der Waals surface area contributed by atoms with Crippen LogP contribution in [-0.2, 0) is 0 Å². The molecule has 5 heteroatoms. The number of allylic oxidation sites excluding steroid dienone is 1. The zero-order valence-corrected chi connectivity index (χ0v) is 17.3. The molecule has 0 aromatic heterocycles. The summed E-state index contributed by atoms with van der Waals surface area (Å²) in [6.07, 6.45) is 3.97. The van der Waals surface area contributed by atoms with Crippen LogP contribution in [0.15, 0.2) is 83.1 Å². The lowest BCUT2D eigenvalue weighted by molar-refractivity contribution is -0.00530. The Bertz CT molecular complexity index is 909. The van der Waals surface area contributed by atoms with E-state index >= 15 is 0 Å². The molecule has 0 saturated carbocycles. The highest BCUT2D eigenvalue weighted by Gasteiger charge is 2.31. The summed E-state index contributed by atoms with van der Waals surface area (Å²) in [5.41, 5.74) is 12.5. The van der Waals surface area contributed by atoms with Crippen LogP contribution in [0.3, 0.4) is 0 Å². The first kappa shape index (κ1) is 20.0. The predicted octanol–water partition coefficient (Wildman–Crippen LogP) is 5.33. The van der Waals surface area contributed by atoms with E-state index in [2.05, 4.69) is 60.8 Å². The van der Waals surface area contributed by atoms with Gasteiger partial charge in [0.15, 0.2) is 5.76 Å². The molecule has 1 aliphatic rings. The molecule has 0 radical (unpaired) electrons. The number of para-hydroxylation sites is 1. The minimum absolute atomic E-state index is 0.0913. The fourth-order valence-electron chi connectivity index (χ4n) is 3.07. The van der Waals surface area contributed by atoms with Crippen LogP contribution >= 0.6 is 11.8 Å². The third-order valence-corrected chi connectivity index (χ3v) is 5.78. The van der Waals surface area contributed by atoms with E-state index in [0.717, 1.165) is 29.4 Å². The smallest absolute Gasteiger partial charge is 0.312 e. The normalized spacial score (nSPS) is 16.1. The molecule has 28 heavy (non-hydrogen) atoms. The number of aryl methyl sites for hydroxylation is 1. The second-order valence-electron chi connectivity index (χ2n) is 6.52. The van der Waals surface area contributed by atoms with E-state index < -0.39 is 0 Å². The second kappa shape index (κ2) is 9.45. The Kier molecular flexibility index (Phi) is 6.75. The van der Waals surface area contributed by atoms with Crippen LogP contribution in [-0.4, -0.2) is 33.7 Å². The van der Waals surface area contributed by atoms with E-state index in [1.807, 2.05) is 36.4 Å². The number of benzene rings is 2. The Balaban J connectivity index is 1.94. The third-order valence-electron chi connectivity index (χ3n) is 4.61. The molecule has 144 valence electrons. The van der Waals surface area contributed by atoms with Gasteiger partial charge in [0.25, 0.3) is 0 Å². The quantitative estimate of drug-likeness (QED) is 0.473. The largest absolute Gasteiger partial charge is 0.455 e. The van der Waals surface area contributed by atoms with E-state index in [4.69, 9.17) is 4.74 Å². The highest BCUT2D eigenvalue weighted by atomic mass is 32.2. The summed E-state index contributed by atoms with van der Waals surface area (Å²) in [4.78, 5) is 6.94. The van der Waals surface area contributed by atoms with Gasteiger partial charge < -0.3 is 15.2 Å². The highest BCUT2D eigenvalue weighted by molar-refractivity contribution is 8.00. The van der Waals surface area contributed by atoms with Crippen molar-refractivity contribution in [1.29, 1.82) is 0 Å². The third kappa shape index (κ3) is 4.75. The van der Waals surface area contributed by atoms with Crippen LogP contribution in [0.25, 0.3) is 5.53 Å². The molecule has 0 heterocycles. The summed E-state index contributed by atoms with van der Waals surface area (Å²) in [5, 5.41) is -0.0913. The van der Waals surface area contributed by atoms with Crippen molar-refractivity contribution in [3.63, 3.8) is 0 Å². The molecular weight excluding hydrogens is 366 g/mol. The van der Waals surface area contributed by atoms with Crippen LogP contribution in [0, 0.1) is 6.92 Å². The van der Waals surface area contributed by atoms with Crippen molar-refractivity contribution in [3.8, 4) is 5.75 Å². The lowest BCUT2D eigenvalue weighted by Crippen LogP contribution is -2.31. The number of hydrogen-bond acceptors (Lipinski definition) is 3. The topological polar surface area (TPSA) is 48.9 Å². The summed E-state index contributed by atoms with van der Waals surface area (Å²) >= 11 is 1.66. The number of likely N-dealkylation sites (N-methyl/N-ethyl adjacent to an activating group) is 1. The van der Waals surface area contributed by atoms with E-state index in [0.29, 0.717) is 11.5 Å². The van der Waals surface area contributed by atoms with E-state index in [1.54, 1.807) is 11.8 Å². The molecule has 1 atom stereocenters. The summed E-state index contributed by atoms with van der Waals surface area (Å²) in [6.45, 7) is 8.06. The Morgan fingerprint density at radius 3 is 2.32 bits per heavy atom. The van der Waals surface area contributed by atoms with Crippen LogP contribution in [0.2, 0.25) is 0 Å². The zero-order chi connectivity index (χ0) is 19.9. The molecule has 0 bridgehead atoms. The zero-order valence-electron chi connectivity index (χ0n) is 16.5. The van der Waals surface area contributed by atoms with Gasteiger partial charge in [0.2, 0.25) is 0 Å². The van der Waals surface area contributed by atoms with Gasteiger partial charge in [-0.25, -0.2) is 0 Å². The van der Waals surface area contributed by atoms with Crippen LogP contribution in [0.4, 0.5) is 0 Å².